The van der Waals surface area contributed by atoms with Gasteiger partial charge in [-0.3, -0.25) is 0 Å². The number of nitrogens with one attached hydrogen (secondary N) is 1. The van der Waals surface area contributed by atoms with Crippen LogP contribution in [0.3, 0.4) is 0 Å². The molecule has 0 aliphatic carbocycles. The summed E-state index contributed by atoms with van der Waals surface area (Å²) in [5, 5.41) is 12.3. The number of hydrogen-bond acceptors (Lipinski definition) is 4. The van der Waals surface area contributed by atoms with E-state index in [0.29, 0.717) is 19.8 Å². The van der Waals surface area contributed by atoms with Crippen molar-refractivity contribution in [2.24, 2.45) is 0 Å². The molecule has 19 heavy (non-hydrogen) atoms. The molecule has 0 aromatic heterocycles. The largest absolute Gasteiger partial charge is 0.389 e. The number of anilines is 1. The zero-order valence-corrected chi connectivity index (χ0v) is 10.9. The van der Waals surface area contributed by atoms with Crippen LogP contribution in [0.2, 0.25) is 0 Å². The molecule has 6 heteroatoms. The van der Waals surface area contributed by atoms with Crippen molar-refractivity contribution in [2.45, 2.75) is 13.0 Å². The van der Waals surface area contributed by atoms with Crippen LogP contribution < -0.4 is 5.32 Å². The van der Waals surface area contributed by atoms with Gasteiger partial charge in [0.25, 0.3) is 0 Å². The minimum atomic E-state index is -0.757. The predicted octanol–water partition coefficient (Wildman–Crippen LogP) is 1.79. The summed E-state index contributed by atoms with van der Waals surface area (Å²) in [4.78, 5) is 0. The zero-order valence-electron chi connectivity index (χ0n) is 10.9. The van der Waals surface area contributed by atoms with Crippen molar-refractivity contribution in [3.63, 3.8) is 0 Å². The minimum Gasteiger partial charge on any atom is -0.389 e. The summed E-state index contributed by atoms with van der Waals surface area (Å²) in [7, 11) is 0. The van der Waals surface area contributed by atoms with E-state index >= 15 is 0 Å². The summed E-state index contributed by atoms with van der Waals surface area (Å²) >= 11 is 0. The highest BCUT2D eigenvalue weighted by atomic mass is 19.1. The molecular weight excluding hydrogens is 256 g/mol. The highest BCUT2D eigenvalue weighted by Gasteiger charge is 2.05. The van der Waals surface area contributed by atoms with E-state index in [-0.39, 0.29) is 18.8 Å². The molecule has 0 fully saturated rings. The maximum atomic E-state index is 12.9. The van der Waals surface area contributed by atoms with Gasteiger partial charge in [0, 0.05) is 24.9 Å². The van der Waals surface area contributed by atoms with E-state index in [1.807, 2.05) is 6.92 Å². The molecule has 0 heterocycles. The molecule has 2 N–H and O–H groups in total. The van der Waals surface area contributed by atoms with Gasteiger partial charge in [0.05, 0.1) is 25.9 Å². The lowest BCUT2D eigenvalue weighted by molar-refractivity contribution is 0.0103. The van der Waals surface area contributed by atoms with Crippen LogP contribution in [0.15, 0.2) is 18.2 Å². The van der Waals surface area contributed by atoms with Gasteiger partial charge in [0.1, 0.15) is 11.6 Å². The van der Waals surface area contributed by atoms with Gasteiger partial charge in [0.15, 0.2) is 0 Å². The lowest BCUT2D eigenvalue weighted by Crippen LogP contribution is -2.25. The fraction of sp³-hybridized carbons (Fsp3) is 0.538. The summed E-state index contributed by atoms with van der Waals surface area (Å²) in [6.45, 7) is 3.68. The molecule has 0 amide bonds. The first-order chi connectivity index (χ1) is 9.11. The van der Waals surface area contributed by atoms with Gasteiger partial charge in [-0.25, -0.2) is 8.78 Å². The molecule has 1 aromatic rings. The van der Waals surface area contributed by atoms with Gasteiger partial charge in [0.2, 0.25) is 0 Å². The summed E-state index contributed by atoms with van der Waals surface area (Å²) in [6, 6.07) is 3.11. The highest BCUT2D eigenvalue weighted by molar-refractivity contribution is 5.43. The quantitative estimate of drug-likeness (QED) is 0.675. The Labute approximate surface area is 111 Å². The Morgan fingerprint density at radius 3 is 2.42 bits per heavy atom. The summed E-state index contributed by atoms with van der Waals surface area (Å²) in [5.74, 6) is -1.32. The third kappa shape index (κ3) is 7.05. The van der Waals surface area contributed by atoms with Crippen LogP contribution in [0.1, 0.15) is 6.92 Å². The van der Waals surface area contributed by atoms with E-state index in [9.17, 15) is 13.9 Å². The summed E-state index contributed by atoms with van der Waals surface area (Å²) in [6.07, 6.45) is -0.757. The van der Waals surface area contributed by atoms with Gasteiger partial charge < -0.3 is 19.9 Å². The van der Waals surface area contributed by atoms with Crippen molar-refractivity contribution in [2.75, 3.05) is 38.3 Å². The Bertz CT molecular complexity index is 357. The monoisotopic (exact) mass is 275 g/mol. The second kappa shape index (κ2) is 8.79. The zero-order chi connectivity index (χ0) is 14.1. The van der Waals surface area contributed by atoms with Crippen LogP contribution in [0.5, 0.6) is 0 Å². The first-order valence-corrected chi connectivity index (χ1v) is 6.15. The second-order valence-electron chi connectivity index (χ2n) is 3.96. The standard InChI is InChI=1S/C13H19F2NO3/c1-2-18-3-4-19-9-13(17)8-16-12-6-10(14)5-11(15)7-12/h5-7,13,16-17H,2-4,8-9H2,1H3. The lowest BCUT2D eigenvalue weighted by Gasteiger charge is -2.13. The Balaban J connectivity index is 2.20. The number of aliphatic hydroxyl groups excluding tert-OH is 1. The van der Waals surface area contributed by atoms with Gasteiger partial charge in [-0.05, 0) is 19.1 Å². The van der Waals surface area contributed by atoms with E-state index in [2.05, 4.69) is 5.32 Å². The number of hydrogen-bond donors (Lipinski definition) is 2. The Kier molecular flexibility index (Phi) is 7.32. The maximum Gasteiger partial charge on any atom is 0.128 e. The average molecular weight is 275 g/mol. The molecule has 0 bridgehead atoms. The smallest absolute Gasteiger partial charge is 0.128 e. The number of ether oxygens (including phenoxy) is 2. The Morgan fingerprint density at radius 1 is 1.16 bits per heavy atom. The van der Waals surface area contributed by atoms with E-state index in [4.69, 9.17) is 9.47 Å². The molecule has 4 nitrogen and oxygen atoms in total. The predicted molar refractivity (Wildman–Crippen MR) is 68.2 cm³/mol. The third-order valence-corrected chi connectivity index (χ3v) is 2.29. The van der Waals surface area contributed by atoms with Crippen LogP contribution in [0.25, 0.3) is 0 Å². The van der Waals surface area contributed by atoms with E-state index < -0.39 is 17.7 Å². The number of rotatable bonds is 9. The molecule has 0 spiro atoms. The van der Waals surface area contributed by atoms with Crippen molar-refractivity contribution in [1.82, 2.24) is 0 Å². The van der Waals surface area contributed by atoms with Gasteiger partial charge in [-0.15, -0.1) is 0 Å². The topological polar surface area (TPSA) is 50.7 Å². The van der Waals surface area contributed by atoms with Crippen molar-refractivity contribution in [3.8, 4) is 0 Å². The first kappa shape index (κ1) is 15.8. The molecule has 1 rings (SSSR count). The molecule has 0 aliphatic rings. The molecule has 1 unspecified atom stereocenters. The van der Waals surface area contributed by atoms with Crippen molar-refractivity contribution < 1.29 is 23.4 Å². The molecule has 0 radical (unpaired) electrons. The first-order valence-electron chi connectivity index (χ1n) is 6.15. The molecule has 1 aromatic carbocycles. The fourth-order valence-electron chi connectivity index (χ4n) is 1.43. The van der Waals surface area contributed by atoms with E-state index in [0.717, 1.165) is 18.2 Å². The van der Waals surface area contributed by atoms with E-state index in [1.54, 1.807) is 0 Å². The number of halogens is 2. The molecule has 108 valence electrons. The molecule has 0 saturated heterocycles. The number of aliphatic hydroxyl groups is 1. The van der Waals surface area contributed by atoms with Crippen LogP contribution in [0.4, 0.5) is 14.5 Å². The third-order valence-electron chi connectivity index (χ3n) is 2.29. The number of benzene rings is 1. The van der Waals surface area contributed by atoms with Crippen LogP contribution in [0, 0.1) is 11.6 Å². The van der Waals surface area contributed by atoms with Gasteiger partial charge >= 0.3 is 0 Å². The van der Waals surface area contributed by atoms with Crippen molar-refractivity contribution in [1.29, 1.82) is 0 Å². The summed E-state index contributed by atoms with van der Waals surface area (Å²) in [5.41, 5.74) is 0.283. The SMILES string of the molecule is CCOCCOCC(O)CNc1cc(F)cc(F)c1. The molecule has 0 aliphatic heterocycles. The van der Waals surface area contributed by atoms with Crippen molar-refractivity contribution >= 4 is 5.69 Å². The normalized spacial score (nSPS) is 12.4. The Hall–Kier alpha value is -1.24. The summed E-state index contributed by atoms with van der Waals surface area (Å²) < 4.78 is 36.0. The van der Waals surface area contributed by atoms with Gasteiger partial charge in [-0.1, -0.05) is 0 Å². The molecular formula is C13H19F2NO3. The highest BCUT2D eigenvalue weighted by Crippen LogP contribution is 2.12. The van der Waals surface area contributed by atoms with Crippen LogP contribution in [-0.4, -0.2) is 44.2 Å². The van der Waals surface area contributed by atoms with Crippen LogP contribution in [-0.2, 0) is 9.47 Å². The van der Waals surface area contributed by atoms with E-state index in [1.165, 1.54) is 0 Å². The maximum absolute atomic E-state index is 12.9. The second-order valence-corrected chi connectivity index (χ2v) is 3.96. The fourth-order valence-corrected chi connectivity index (χ4v) is 1.43. The van der Waals surface area contributed by atoms with Crippen molar-refractivity contribution in [3.05, 3.63) is 29.8 Å². The molecule has 1 atom stereocenters. The average Bonchev–Trinajstić information content (AvgIpc) is 2.35. The van der Waals surface area contributed by atoms with Crippen LogP contribution >= 0.6 is 0 Å². The Morgan fingerprint density at radius 2 is 1.79 bits per heavy atom. The lowest BCUT2D eigenvalue weighted by atomic mass is 10.3. The molecule has 0 saturated carbocycles. The minimum absolute atomic E-state index is 0.137. The van der Waals surface area contributed by atoms with Gasteiger partial charge in [-0.2, -0.15) is 0 Å².